The minimum absolute atomic E-state index is 0.00617. The van der Waals surface area contributed by atoms with Gasteiger partial charge in [-0.15, -0.1) is 0 Å². The SMILES string of the molecule is O=S(=O)(c1ccc(Cl)nc1)C(c1cc(F)ccc1F)c1ccncc1Cl. The predicted octanol–water partition coefficient (Wildman–Crippen LogP) is 4.62. The van der Waals surface area contributed by atoms with Crippen LogP contribution in [-0.4, -0.2) is 18.4 Å². The molecule has 3 aromatic rings. The molecule has 1 aromatic carbocycles. The summed E-state index contributed by atoms with van der Waals surface area (Å²) in [4.78, 5) is 7.35. The van der Waals surface area contributed by atoms with E-state index in [1.54, 1.807) is 0 Å². The van der Waals surface area contributed by atoms with Crippen LogP contribution in [0.3, 0.4) is 0 Å². The average molecular weight is 415 g/mol. The lowest BCUT2D eigenvalue weighted by Crippen LogP contribution is -2.17. The van der Waals surface area contributed by atoms with Crippen molar-refractivity contribution < 1.29 is 17.2 Å². The molecule has 2 heterocycles. The average Bonchev–Trinajstić information content (AvgIpc) is 2.60. The molecule has 0 aliphatic carbocycles. The molecule has 9 heteroatoms. The maximum absolute atomic E-state index is 14.4. The largest absolute Gasteiger partial charge is 0.263 e. The van der Waals surface area contributed by atoms with Crippen LogP contribution in [-0.2, 0) is 9.84 Å². The fourth-order valence-electron chi connectivity index (χ4n) is 2.48. The third kappa shape index (κ3) is 3.56. The Labute approximate surface area is 158 Å². The Balaban J connectivity index is 2.29. The first-order valence-electron chi connectivity index (χ1n) is 7.20. The molecule has 0 aliphatic rings. The summed E-state index contributed by atoms with van der Waals surface area (Å²) in [6.07, 6.45) is 3.61. The first-order valence-corrected chi connectivity index (χ1v) is 9.50. The molecule has 134 valence electrons. The van der Waals surface area contributed by atoms with Gasteiger partial charge in [0.05, 0.1) is 9.92 Å². The molecule has 0 aliphatic heterocycles. The summed E-state index contributed by atoms with van der Waals surface area (Å²) in [5.41, 5.74) is -0.297. The van der Waals surface area contributed by atoms with E-state index in [1.165, 1.54) is 30.6 Å². The van der Waals surface area contributed by atoms with Crippen LogP contribution in [0.2, 0.25) is 10.2 Å². The van der Waals surface area contributed by atoms with Gasteiger partial charge < -0.3 is 0 Å². The molecule has 0 saturated carbocycles. The van der Waals surface area contributed by atoms with Gasteiger partial charge in [0.1, 0.15) is 22.0 Å². The zero-order valence-electron chi connectivity index (χ0n) is 12.9. The Kier molecular flexibility index (Phi) is 5.22. The second kappa shape index (κ2) is 7.26. The minimum Gasteiger partial charge on any atom is -0.263 e. The molecule has 0 fully saturated rings. The van der Waals surface area contributed by atoms with Crippen molar-refractivity contribution in [1.29, 1.82) is 0 Å². The highest BCUT2D eigenvalue weighted by Crippen LogP contribution is 2.39. The molecular weight excluding hydrogens is 405 g/mol. The molecule has 1 unspecified atom stereocenters. The lowest BCUT2D eigenvalue weighted by molar-refractivity contribution is 0.569. The topological polar surface area (TPSA) is 59.9 Å². The standard InChI is InChI=1S/C17H10Cl2F2N2O2S/c18-14-9-22-6-5-12(14)17(13-7-10(20)1-3-15(13)21)26(24,25)11-2-4-16(19)23-8-11/h1-9,17H. The van der Waals surface area contributed by atoms with Crippen molar-refractivity contribution >= 4 is 33.0 Å². The van der Waals surface area contributed by atoms with Crippen molar-refractivity contribution in [3.05, 3.63) is 87.9 Å². The van der Waals surface area contributed by atoms with E-state index in [0.717, 1.165) is 24.4 Å². The van der Waals surface area contributed by atoms with Crippen LogP contribution in [0.1, 0.15) is 16.4 Å². The van der Waals surface area contributed by atoms with E-state index in [-0.39, 0.29) is 26.2 Å². The minimum atomic E-state index is -4.23. The third-order valence-electron chi connectivity index (χ3n) is 3.67. The van der Waals surface area contributed by atoms with Gasteiger partial charge in [-0.2, -0.15) is 0 Å². The summed E-state index contributed by atoms with van der Waals surface area (Å²) < 4.78 is 54.6. The van der Waals surface area contributed by atoms with E-state index in [4.69, 9.17) is 23.2 Å². The molecule has 0 radical (unpaired) electrons. The number of hydrogen-bond donors (Lipinski definition) is 0. The van der Waals surface area contributed by atoms with Crippen molar-refractivity contribution in [2.75, 3.05) is 0 Å². The molecule has 2 aromatic heterocycles. The van der Waals surface area contributed by atoms with E-state index < -0.39 is 26.7 Å². The predicted molar refractivity (Wildman–Crippen MR) is 93.9 cm³/mol. The van der Waals surface area contributed by atoms with Crippen molar-refractivity contribution in [3.8, 4) is 0 Å². The second-order valence-corrected chi connectivity index (χ2v) is 8.13. The lowest BCUT2D eigenvalue weighted by atomic mass is 10.0. The fraction of sp³-hybridized carbons (Fsp3) is 0.0588. The Morgan fingerprint density at radius 3 is 2.38 bits per heavy atom. The summed E-state index contributed by atoms with van der Waals surface area (Å²) in [6, 6.07) is 6.48. The second-order valence-electron chi connectivity index (χ2n) is 5.30. The maximum atomic E-state index is 14.4. The molecule has 4 nitrogen and oxygen atoms in total. The first kappa shape index (κ1) is 18.7. The molecule has 0 spiro atoms. The number of aromatic nitrogens is 2. The number of hydrogen-bond acceptors (Lipinski definition) is 4. The molecular formula is C17H10Cl2F2N2O2S. The van der Waals surface area contributed by atoms with Crippen molar-refractivity contribution in [3.63, 3.8) is 0 Å². The van der Waals surface area contributed by atoms with E-state index >= 15 is 0 Å². The number of rotatable bonds is 4. The van der Waals surface area contributed by atoms with Crippen LogP contribution < -0.4 is 0 Å². The van der Waals surface area contributed by atoms with Gasteiger partial charge in [0, 0.05) is 24.2 Å². The number of nitrogens with zero attached hydrogens (tertiary/aromatic N) is 2. The normalized spacial score (nSPS) is 12.8. The highest BCUT2D eigenvalue weighted by atomic mass is 35.5. The summed E-state index contributed by atoms with van der Waals surface area (Å²) in [7, 11) is -4.23. The van der Waals surface area contributed by atoms with Crippen molar-refractivity contribution in [2.24, 2.45) is 0 Å². The van der Waals surface area contributed by atoms with Crippen LogP contribution in [0.5, 0.6) is 0 Å². The summed E-state index contributed by atoms with van der Waals surface area (Å²) in [6.45, 7) is 0. The van der Waals surface area contributed by atoms with E-state index in [1.807, 2.05) is 0 Å². The third-order valence-corrected chi connectivity index (χ3v) is 6.23. The summed E-state index contributed by atoms with van der Waals surface area (Å²) in [5, 5.41) is -1.48. The highest BCUT2D eigenvalue weighted by Gasteiger charge is 2.35. The summed E-state index contributed by atoms with van der Waals surface area (Å²) in [5.74, 6) is -1.66. The number of benzene rings is 1. The molecule has 0 N–H and O–H groups in total. The van der Waals surface area contributed by atoms with Crippen LogP contribution in [0.25, 0.3) is 0 Å². The number of sulfone groups is 1. The van der Waals surface area contributed by atoms with Crippen molar-refractivity contribution in [2.45, 2.75) is 10.1 Å². The zero-order chi connectivity index (χ0) is 18.9. The van der Waals surface area contributed by atoms with Crippen molar-refractivity contribution in [1.82, 2.24) is 9.97 Å². The lowest BCUT2D eigenvalue weighted by Gasteiger charge is -2.20. The van der Waals surface area contributed by atoms with Crippen LogP contribution in [0, 0.1) is 11.6 Å². The Hall–Kier alpha value is -2.09. The molecule has 0 amide bonds. The number of halogens is 4. The summed E-state index contributed by atoms with van der Waals surface area (Å²) >= 11 is 11.8. The molecule has 1 atom stereocenters. The first-order chi connectivity index (χ1) is 12.3. The van der Waals surface area contributed by atoms with Gasteiger partial charge in [0.2, 0.25) is 0 Å². The van der Waals surface area contributed by atoms with E-state index in [0.29, 0.717) is 0 Å². The maximum Gasteiger partial charge on any atom is 0.191 e. The van der Waals surface area contributed by atoms with Gasteiger partial charge in [0.15, 0.2) is 9.84 Å². The molecule has 26 heavy (non-hydrogen) atoms. The number of pyridine rings is 2. The fourth-order valence-corrected chi connectivity index (χ4v) is 4.67. The van der Waals surface area contributed by atoms with Crippen LogP contribution in [0.15, 0.2) is 59.9 Å². The van der Waals surface area contributed by atoms with Gasteiger partial charge >= 0.3 is 0 Å². The smallest absolute Gasteiger partial charge is 0.191 e. The van der Waals surface area contributed by atoms with E-state index in [9.17, 15) is 17.2 Å². The zero-order valence-corrected chi connectivity index (χ0v) is 15.2. The highest BCUT2D eigenvalue weighted by molar-refractivity contribution is 7.92. The molecule has 0 bridgehead atoms. The van der Waals surface area contributed by atoms with Crippen LogP contribution >= 0.6 is 23.2 Å². The van der Waals surface area contributed by atoms with Gasteiger partial charge in [-0.3, -0.25) is 4.98 Å². The van der Waals surface area contributed by atoms with Gasteiger partial charge in [-0.05, 0) is 42.0 Å². The van der Waals surface area contributed by atoms with E-state index in [2.05, 4.69) is 9.97 Å². The molecule has 3 rings (SSSR count). The van der Waals surface area contributed by atoms with Gasteiger partial charge in [0.25, 0.3) is 0 Å². The Morgan fingerprint density at radius 2 is 1.73 bits per heavy atom. The monoisotopic (exact) mass is 414 g/mol. The molecule has 0 saturated heterocycles. The Bertz CT molecular complexity index is 1060. The van der Waals surface area contributed by atoms with Gasteiger partial charge in [-0.1, -0.05) is 23.2 Å². The van der Waals surface area contributed by atoms with Gasteiger partial charge in [-0.25, -0.2) is 22.2 Å². The Morgan fingerprint density at radius 1 is 0.962 bits per heavy atom. The quantitative estimate of drug-likeness (QED) is 0.584. The van der Waals surface area contributed by atoms with Crippen LogP contribution in [0.4, 0.5) is 8.78 Å².